The van der Waals surface area contributed by atoms with Gasteiger partial charge in [0.1, 0.15) is 11.2 Å². The molecule has 1 heterocycles. The molecular formula is C50H38O. The Morgan fingerprint density at radius 2 is 1.04 bits per heavy atom. The number of fused-ring (bicyclic) bond motifs is 7. The number of rotatable bonds is 3. The molecule has 0 fully saturated rings. The van der Waals surface area contributed by atoms with E-state index < -0.39 is 0 Å². The van der Waals surface area contributed by atoms with Gasteiger partial charge in [-0.3, -0.25) is 0 Å². The average molecular weight is 655 g/mol. The van der Waals surface area contributed by atoms with Crippen LogP contribution >= 0.6 is 0 Å². The Hall–Kier alpha value is -5.92. The highest BCUT2D eigenvalue weighted by Gasteiger charge is 2.36. The van der Waals surface area contributed by atoms with Crippen LogP contribution in [0.4, 0.5) is 0 Å². The smallest absolute Gasteiger partial charge is 0.142 e. The molecular weight excluding hydrogens is 617 g/mol. The topological polar surface area (TPSA) is 13.1 Å². The molecule has 51 heavy (non-hydrogen) atoms. The summed E-state index contributed by atoms with van der Waals surface area (Å²) in [5.41, 5.74) is 10.9. The highest BCUT2D eigenvalue weighted by atomic mass is 16.3. The van der Waals surface area contributed by atoms with Crippen molar-refractivity contribution in [1.82, 2.24) is 0 Å². The first kappa shape index (κ1) is 29.9. The molecule has 7 aromatic carbocycles. The predicted molar refractivity (Wildman–Crippen MR) is 216 cm³/mol. The monoisotopic (exact) mass is 654 g/mol. The number of hydrogen-bond donors (Lipinski definition) is 0. The SMILES string of the molecule is CC(C)(C)C1=c2ccccc2=C(c2cccc3c2oc2cc(-c4c5ccccc5c(-c5ccccc5)c5ccccc45)ccc23)C2C=CC=CC12. The van der Waals surface area contributed by atoms with E-state index in [-0.39, 0.29) is 11.3 Å². The first-order chi connectivity index (χ1) is 25.0. The van der Waals surface area contributed by atoms with E-state index in [1.807, 2.05) is 0 Å². The van der Waals surface area contributed by atoms with Crippen LogP contribution < -0.4 is 10.4 Å². The molecule has 1 aromatic heterocycles. The fourth-order valence-corrected chi connectivity index (χ4v) is 9.22. The first-order valence-corrected chi connectivity index (χ1v) is 18.1. The van der Waals surface area contributed by atoms with E-state index >= 15 is 0 Å². The van der Waals surface area contributed by atoms with Crippen molar-refractivity contribution in [3.8, 4) is 22.3 Å². The van der Waals surface area contributed by atoms with E-state index in [0.29, 0.717) is 5.92 Å². The predicted octanol–water partition coefficient (Wildman–Crippen LogP) is 12.0. The first-order valence-electron chi connectivity index (χ1n) is 18.1. The summed E-state index contributed by atoms with van der Waals surface area (Å²) in [5, 5.41) is 9.98. The summed E-state index contributed by atoms with van der Waals surface area (Å²) in [5.74, 6) is 0.529. The summed E-state index contributed by atoms with van der Waals surface area (Å²) in [6, 6.07) is 51.0. The third-order valence-electron chi connectivity index (χ3n) is 11.2. The maximum atomic E-state index is 7.04. The summed E-state index contributed by atoms with van der Waals surface area (Å²) in [7, 11) is 0. The van der Waals surface area contributed by atoms with Gasteiger partial charge >= 0.3 is 0 Å². The van der Waals surface area contributed by atoms with Crippen LogP contribution in [0.3, 0.4) is 0 Å². The Bertz CT molecular complexity index is 2830. The van der Waals surface area contributed by atoms with Gasteiger partial charge in [0.2, 0.25) is 0 Å². The number of allylic oxidation sites excluding steroid dienone is 4. The molecule has 244 valence electrons. The largest absolute Gasteiger partial charge is 0.455 e. The molecule has 0 radical (unpaired) electrons. The highest BCUT2D eigenvalue weighted by molar-refractivity contribution is 6.22. The summed E-state index contributed by atoms with van der Waals surface area (Å²) in [4.78, 5) is 0. The molecule has 0 aliphatic heterocycles. The quantitative estimate of drug-likeness (QED) is 0.173. The average Bonchev–Trinajstić information content (AvgIpc) is 3.54. The summed E-state index contributed by atoms with van der Waals surface area (Å²) < 4.78 is 7.04. The van der Waals surface area contributed by atoms with Crippen molar-refractivity contribution in [2.75, 3.05) is 0 Å². The minimum atomic E-state index is 0.0372. The van der Waals surface area contributed by atoms with Gasteiger partial charge in [0.25, 0.3) is 0 Å². The van der Waals surface area contributed by atoms with Gasteiger partial charge in [-0.15, -0.1) is 0 Å². The van der Waals surface area contributed by atoms with Gasteiger partial charge in [0.05, 0.1) is 0 Å². The molecule has 8 aromatic rings. The van der Waals surface area contributed by atoms with Crippen molar-refractivity contribution in [3.63, 3.8) is 0 Å². The van der Waals surface area contributed by atoms with E-state index in [0.717, 1.165) is 27.5 Å². The normalized spacial score (nSPS) is 17.1. The summed E-state index contributed by atoms with van der Waals surface area (Å²) in [6.45, 7) is 7.06. The van der Waals surface area contributed by atoms with Crippen molar-refractivity contribution < 1.29 is 4.42 Å². The van der Waals surface area contributed by atoms with Crippen molar-refractivity contribution in [1.29, 1.82) is 0 Å². The second-order valence-corrected chi connectivity index (χ2v) is 15.1. The van der Waals surface area contributed by atoms with Crippen molar-refractivity contribution in [2.24, 2.45) is 17.3 Å². The Morgan fingerprint density at radius 3 is 1.71 bits per heavy atom. The van der Waals surface area contributed by atoms with E-state index in [1.165, 1.54) is 65.4 Å². The van der Waals surface area contributed by atoms with Crippen LogP contribution in [0, 0.1) is 17.3 Å². The van der Waals surface area contributed by atoms with E-state index in [1.54, 1.807) is 0 Å². The minimum Gasteiger partial charge on any atom is -0.455 e. The van der Waals surface area contributed by atoms with Crippen molar-refractivity contribution >= 4 is 54.6 Å². The Morgan fingerprint density at radius 1 is 0.471 bits per heavy atom. The van der Waals surface area contributed by atoms with Crippen LogP contribution in [0.25, 0.3) is 76.9 Å². The molecule has 10 rings (SSSR count). The minimum absolute atomic E-state index is 0.0372. The zero-order valence-corrected chi connectivity index (χ0v) is 29.2. The lowest BCUT2D eigenvalue weighted by Crippen LogP contribution is -2.43. The fourth-order valence-electron chi connectivity index (χ4n) is 9.22. The van der Waals surface area contributed by atoms with Crippen LogP contribution in [-0.2, 0) is 0 Å². The molecule has 0 N–H and O–H groups in total. The maximum Gasteiger partial charge on any atom is 0.142 e. The van der Waals surface area contributed by atoms with Crippen molar-refractivity contribution in [3.05, 3.63) is 180 Å². The van der Waals surface area contributed by atoms with Crippen LogP contribution in [0.1, 0.15) is 26.3 Å². The molecule has 0 saturated heterocycles. The van der Waals surface area contributed by atoms with Crippen LogP contribution in [-0.4, -0.2) is 0 Å². The molecule has 2 unspecified atom stereocenters. The third kappa shape index (κ3) is 4.54. The second kappa shape index (κ2) is 11.3. The van der Waals surface area contributed by atoms with Gasteiger partial charge in [0.15, 0.2) is 0 Å². The van der Waals surface area contributed by atoms with Gasteiger partial charge in [0, 0.05) is 28.2 Å². The third-order valence-corrected chi connectivity index (χ3v) is 11.2. The lowest BCUT2D eigenvalue weighted by molar-refractivity contribution is 0.495. The number of para-hydroxylation sites is 1. The van der Waals surface area contributed by atoms with E-state index in [9.17, 15) is 0 Å². The number of furan rings is 1. The van der Waals surface area contributed by atoms with Gasteiger partial charge in [-0.2, -0.15) is 0 Å². The fraction of sp³-hybridized carbons (Fsp3) is 0.120. The molecule has 0 bridgehead atoms. The number of hydrogen-bond acceptors (Lipinski definition) is 1. The molecule has 0 amide bonds. The Balaban J connectivity index is 1.24. The zero-order chi connectivity index (χ0) is 34.3. The lowest BCUT2D eigenvalue weighted by atomic mass is 9.65. The molecule has 2 aliphatic carbocycles. The van der Waals surface area contributed by atoms with Gasteiger partial charge in [-0.05, 0) is 82.9 Å². The van der Waals surface area contributed by atoms with E-state index in [2.05, 4.69) is 185 Å². The molecule has 0 spiro atoms. The second-order valence-electron chi connectivity index (χ2n) is 15.1. The zero-order valence-electron chi connectivity index (χ0n) is 29.2. The molecule has 2 atom stereocenters. The Labute approximate surface area is 298 Å². The van der Waals surface area contributed by atoms with Crippen LogP contribution in [0.2, 0.25) is 0 Å². The maximum absolute atomic E-state index is 7.04. The summed E-state index contributed by atoms with van der Waals surface area (Å²) in [6.07, 6.45) is 9.25. The van der Waals surface area contributed by atoms with Crippen LogP contribution in [0.15, 0.2) is 168 Å². The van der Waals surface area contributed by atoms with Gasteiger partial charge in [-0.1, -0.05) is 172 Å². The lowest BCUT2D eigenvalue weighted by Gasteiger charge is -2.38. The van der Waals surface area contributed by atoms with E-state index in [4.69, 9.17) is 4.42 Å². The number of benzene rings is 7. The molecule has 1 nitrogen and oxygen atoms in total. The standard InChI is InChI=1S/C50H38O/c1-50(2,3)48-40-24-13-11-22-38(40)47(39-23-12-14-25-41(39)48)43-27-15-26-42-33-29-28-32(30-44(33)51-49(42)43)46-36-20-9-7-18-34(36)45(31-16-5-4-6-17-31)35-19-8-10-21-37(35)46/h4-30,38,40H,1-3H3. The Kier molecular flexibility index (Phi) is 6.64. The van der Waals surface area contributed by atoms with Crippen molar-refractivity contribution in [2.45, 2.75) is 20.8 Å². The van der Waals surface area contributed by atoms with Crippen LogP contribution in [0.5, 0.6) is 0 Å². The van der Waals surface area contributed by atoms with Gasteiger partial charge in [-0.25, -0.2) is 0 Å². The van der Waals surface area contributed by atoms with Gasteiger partial charge < -0.3 is 4.42 Å². The highest BCUT2D eigenvalue weighted by Crippen LogP contribution is 2.47. The molecule has 1 heteroatoms. The molecule has 0 saturated carbocycles. The summed E-state index contributed by atoms with van der Waals surface area (Å²) >= 11 is 0. The molecule has 2 aliphatic rings.